The Morgan fingerprint density at radius 2 is 1.72 bits per heavy atom. The van der Waals surface area contributed by atoms with E-state index in [4.69, 9.17) is 26.1 Å². The van der Waals surface area contributed by atoms with Crippen LogP contribution in [0.4, 0.5) is 5.82 Å². The summed E-state index contributed by atoms with van der Waals surface area (Å²) in [6.07, 6.45) is 10.6. The fourth-order valence-corrected chi connectivity index (χ4v) is 8.36. The first-order chi connectivity index (χ1) is 27.8. The van der Waals surface area contributed by atoms with Gasteiger partial charge in [-0.05, 0) is 68.0 Å². The molecule has 14 heteroatoms. The van der Waals surface area contributed by atoms with E-state index < -0.39 is 0 Å². The van der Waals surface area contributed by atoms with E-state index in [1.165, 1.54) is 25.6 Å². The minimum Gasteiger partial charge on any atom is -0.457 e. The van der Waals surface area contributed by atoms with E-state index in [2.05, 4.69) is 45.5 Å². The summed E-state index contributed by atoms with van der Waals surface area (Å²) in [6.45, 7) is 18.8. The number of carbonyl (C=O) groups is 2. The quantitative estimate of drug-likeness (QED) is 0.0581. The standard InChI is InChI=1S/C42H58N10O2S.CH2O/c1-31(2)37(55-29-43)13-8-7-10-32(3)45-20-23-50-26-24-49(25-27-50)21-9-14-38(53)51-22-19-34(28-51)52-42-39(41(44)46-30-47-42)40(48-52)33-15-17-36(18-16-33)54-35-11-5-4-6-12-35;1-2/h4-6,9,11-12,14-18,30-31,34,37,45H,3,7-8,10,13,19-29,43H2,1-2H3,(H2,44,46,47);1H2/b14-9+;. The van der Waals surface area contributed by atoms with Gasteiger partial charge < -0.3 is 31.2 Å². The van der Waals surface area contributed by atoms with Gasteiger partial charge in [0.15, 0.2) is 5.65 Å². The number of piperazine rings is 1. The average Bonchev–Trinajstić information content (AvgIpc) is 3.88. The maximum absolute atomic E-state index is 13.3. The first-order valence-electron chi connectivity index (χ1n) is 20.0. The first kappa shape index (κ1) is 43.4. The lowest BCUT2D eigenvalue weighted by Crippen LogP contribution is -2.47. The van der Waals surface area contributed by atoms with Gasteiger partial charge in [-0.2, -0.15) is 5.10 Å². The molecule has 2 unspecified atom stereocenters. The number of amides is 1. The van der Waals surface area contributed by atoms with Gasteiger partial charge in [-0.1, -0.05) is 51.1 Å². The maximum Gasteiger partial charge on any atom is 0.246 e. The molecular formula is C43H60N10O3S. The summed E-state index contributed by atoms with van der Waals surface area (Å²) in [5.41, 5.74) is 15.6. The van der Waals surface area contributed by atoms with Crippen LogP contribution in [0.1, 0.15) is 52.0 Å². The highest BCUT2D eigenvalue weighted by molar-refractivity contribution is 7.99. The molecule has 0 bridgehead atoms. The van der Waals surface area contributed by atoms with E-state index >= 15 is 0 Å². The minimum absolute atomic E-state index is 0.0218. The summed E-state index contributed by atoms with van der Waals surface area (Å²) < 4.78 is 7.90. The molecule has 2 aromatic carbocycles. The third-order valence-corrected chi connectivity index (χ3v) is 12.0. The third-order valence-electron chi connectivity index (χ3n) is 10.6. The van der Waals surface area contributed by atoms with Crippen molar-refractivity contribution in [2.45, 2.75) is 57.2 Å². The van der Waals surface area contributed by atoms with E-state index in [0.717, 1.165) is 81.4 Å². The number of hydrogen-bond acceptors (Lipinski definition) is 12. The number of ether oxygens (including phenoxy) is 1. The Balaban J connectivity index is 0.00000305. The number of unbranched alkanes of at least 4 members (excludes halogenated alkanes) is 1. The van der Waals surface area contributed by atoms with Gasteiger partial charge in [0.2, 0.25) is 5.91 Å². The average molecular weight is 797 g/mol. The van der Waals surface area contributed by atoms with E-state index in [1.807, 2.05) is 88.8 Å². The molecule has 1 amide bonds. The molecule has 5 N–H and O–H groups in total. The van der Waals surface area contributed by atoms with E-state index in [-0.39, 0.29) is 11.9 Å². The van der Waals surface area contributed by atoms with Crippen LogP contribution in [0.15, 0.2) is 85.4 Å². The first-order valence-corrected chi connectivity index (χ1v) is 21.1. The highest BCUT2D eigenvalue weighted by atomic mass is 32.2. The number of carbonyl (C=O) groups excluding carboxylic acids is 2. The van der Waals surface area contributed by atoms with Crippen molar-refractivity contribution in [3.05, 3.63) is 85.4 Å². The van der Waals surface area contributed by atoms with Gasteiger partial charge >= 0.3 is 0 Å². The highest BCUT2D eigenvalue weighted by Crippen LogP contribution is 2.35. The summed E-state index contributed by atoms with van der Waals surface area (Å²) >= 11 is 1.88. The van der Waals surface area contributed by atoms with E-state index in [1.54, 1.807) is 6.08 Å². The van der Waals surface area contributed by atoms with Gasteiger partial charge in [0.1, 0.15) is 36.1 Å². The molecule has 2 fully saturated rings. The van der Waals surface area contributed by atoms with Gasteiger partial charge in [0.25, 0.3) is 0 Å². The topological polar surface area (TPSA) is 161 Å². The monoisotopic (exact) mass is 796 g/mol. The van der Waals surface area contributed by atoms with Crippen LogP contribution in [-0.2, 0) is 9.59 Å². The number of rotatable bonds is 19. The van der Waals surface area contributed by atoms with E-state index in [9.17, 15) is 4.79 Å². The molecule has 4 heterocycles. The molecule has 2 atom stereocenters. The Bertz CT molecular complexity index is 1880. The summed E-state index contributed by atoms with van der Waals surface area (Å²) in [5, 5.41) is 9.92. The van der Waals surface area contributed by atoms with Crippen molar-refractivity contribution in [2.75, 3.05) is 70.5 Å². The van der Waals surface area contributed by atoms with Crippen LogP contribution in [0.3, 0.4) is 0 Å². The molecule has 0 radical (unpaired) electrons. The van der Waals surface area contributed by atoms with Crippen LogP contribution in [0.5, 0.6) is 11.5 Å². The van der Waals surface area contributed by atoms with Crippen molar-refractivity contribution in [1.29, 1.82) is 0 Å². The van der Waals surface area contributed by atoms with Crippen molar-refractivity contribution in [1.82, 2.24) is 39.8 Å². The Morgan fingerprint density at radius 1 is 1.00 bits per heavy atom. The van der Waals surface area contributed by atoms with Crippen LogP contribution in [0.2, 0.25) is 0 Å². The maximum atomic E-state index is 13.3. The normalized spacial score (nSPS) is 16.8. The van der Waals surface area contributed by atoms with Crippen molar-refractivity contribution in [3.8, 4) is 22.8 Å². The highest BCUT2D eigenvalue weighted by Gasteiger charge is 2.30. The predicted octanol–water partition coefficient (Wildman–Crippen LogP) is 5.97. The number of aromatic nitrogens is 4. The molecule has 0 spiro atoms. The molecule has 306 valence electrons. The number of nitrogens with two attached hydrogens (primary N) is 2. The lowest BCUT2D eigenvalue weighted by atomic mass is 10.0. The predicted molar refractivity (Wildman–Crippen MR) is 232 cm³/mol. The number of nitrogens with zero attached hydrogens (tertiary/aromatic N) is 7. The fourth-order valence-electron chi connectivity index (χ4n) is 7.40. The zero-order chi connectivity index (χ0) is 40.6. The summed E-state index contributed by atoms with van der Waals surface area (Å²) in [4.78, 5) is 36.9. The lowest BCUT2D eigenvalue weighted by molar-refractivity contribution is -0.125. The zero-order valence-corrected chi connectivity index (χ0v) is 34.4. The lowest BCUT2D eigenvalue weighted by Gasteiger charge is -2.34. The zero-order valence-electron chi connectivity index (χ0n) is 33.6. The molecule has 0 saturated carbocycles. The number of para-hydroxylation sites is 1. The van der Waals surface area contributed by atoms with Gasteiger partial charge in [-0.3, -0.25) is 14.6 Å². The largest absolute Gasteiger partial charge is 0.457 e. The number of nitrogen functional groups attached to an aromatic ring is 1. The number of benzene rings is 2. The molecule has 6 rings (SSSR count). The molecule has 2 aliphatic heterocycles. The minimum atomic E-state index is -0.0218. The SMILES string of the molecule is C=C(CCCCC(SCN)C(C)C)NCCN1CCN(C/C=C/C(=O)N2CCC(n3nc(-c4ccc(Oc5ccccc5)cc4)c4c(N)ncnc43)C2)CC1.C=O. The van der Waals surface area contributed by atoms with Crippen LogP contribution >= 0.6 is 11.8 Å². The second-order valence-electron chi connectivity index (χ2n) is 14.9. The number of likely N-dealkylation sites (tertiary alicyclic amines) is 1. The number of anilines is 1. The second kappa shape index (κ2) is 22.3. The molecule has 2 aliphatic rings. The number of nitrogens with one attached hydrogen (secondary N) is 1. The number of hydrogen-bond donors (Lipinski definition) is 3. The molecule has 2 saturated heterocycles. The van der Waals surface area contributed by atoms with Crippen molar-refractivity contribution in [3.63, 3.8) is 0 Å². The Morgan fingerprint density at radius 3 is 2.44 bits per heavy atom. The van der Waals surface area contributed by atoms with Crippen LogP contribution in [0.25, 0.3) is 22.3 Å². The summed E-state index contributed by atoms with van der Waals surface area (Å²) in [7, 11) is 0. The van der Waals surface area contributed by atoms with Crippen molar-refractivity contribution < 1.29 is 14.3 Å². The molecule has 4 aromatic rings. The van der Waals surface area contributed by atoms with Gasteiger partial charge in [0, 0.05) is 87.4 Å². The number of allylic oxidation sites excluding steroid dienone is 1. The van der Waals surface area contributed by atoms with Crippen molar-refractivity contribution in [2.24, 2.45) is 11.7 Å². The molecule has 13 nitrogen and oxygen atoms in total. The third kappa shape index (κ3) is 12.4. The van der Waals surface area contributed by atoms with Gasteiger partial charge in [-0.15, -0.1) is 11.8 Å². The fraction of sp³-hybridized carbons (Fsp3) is 0.465. The Labute approximate surface area is 341 Å². The molecule has 0 aliphatic carbocycles. The smallest absolute Gasteiger partial charge is 0.246 e. The number of thioether (sulfide) groups is 1. The van der Waals surface area contributed by atoms with Gasteiger partial charge in [0.05, 0.1) is 11.4 Å². The molecular weight excluding hydrogens is 737 g/mol. The summed E-state index contributed by atoms with van der Waals surface area (Å²) in [5.74, 6) is 3.27. The second-order valence-corrected chi connectivity index (χ2v) is 16.1. The number of fused-ring (bicyclic) bond motifs is 1. The van der Waals surface area contributed by atoms with Crippen LogP contribution in [-0.4, -0.2) is 117 Å². The molecule has 57 heavy (non-hydrogen) atoms. The molecule has 2 aromatic heterocycles. The van der Waals surface area contributed by atoms with Crippen LogP contribution < -0.4 is 21.5 Å². The Hall–Kier alpha value is -4.76. The van der Waals surface area contributed by atoms with Crippen LogP contribution in [0, 0.1) is 5.92 Å². The summed E-state index contributed by atoms with van der Waals surface area (Å²) in [6, 6.07) is 17.4. The van der Waals surface area contributed by atoms with Crippen molar-refractivity contribution >= 4 is 41.3 Å². The Kier molecular flexibility index (Phi) is 16.9. The van der Waals surface area contributed by atoms with E-state index in [0.29, 0.717) is 52.7 Å². The van der Waals surface area contributed by atoms with Gasteiger partial charge in [-0.25, -0.2) is 14.6 Å².